The summed E-state index contributed by atoms with van der Waals surface area (Å²) >= 11 is 1.82. The van der Waals surface area contributed by atoms with E-state index in [0.29, 0.717) is 4.90 Å². The number of unbranched alkanes of at least 4 members (excludes halogenated alkanes) is 1. The maximum absolute atomic E-state index is 12.7. The van der Waals surface area contributed by atoms with E-state index >= 15 is 0 Å². The van der Waals surface area contributed by atoms with Gasteiger partial charge in [-0.05, 0) is 62.9 Å². The Hall–Kier alpha value is -0.777. The summed E-state index contributed by atoms with van der Waals surface area (Å²) in [7, 11) is 0.973. The fraction of sp³-hybridized carbons (Fsp3) is 0.458. The molecule has 7 heteroatoms. The molecule has 0 heterocycles. The molecule has 2 aromatic carbocycles. The molecule has 0 radical (unpaired) electrons. The summed E-state index contributed by atoms with van der Waals surface area (Å²) in [5.74, 6) is 0. The van der Waals surface area contributed by atoms with E-state index in [4.69, 9.17) is 0 Å². The van der Waals surface area contributed by atoms with E-state index in [-0.39, 0.29) is 19.5 Å². The fourth-order valence-corrected chi connectivity index (χ4v) is 5.02. The molecule has 0 aliphatic heterocycles. The van der Waals surface area contributed by atoms with E-state index in [9.17, 15) is 8.42 Å². The predicted octanol–water partition coefficient (Wildman–Crippen LogP) is 6.12. The van der Waals surface area contributed by atoms with Gasteiger partial charge in [0.05, 0.1) is 0 Å². The molecule has 1 fully saturated rings. The number of hydrogen-bond donors (Lipinski definition) is 1. The summed E-state index contributed by atoms with van der Waals surface area (Å²) in [6.07, 6.45) is 7.32. The van der Waals surface area contributed by atoms with Crippen molar-refractivity contribution in [3.63, 3.8) is 0 Å². The summed E-state index contributed by atoms with van der Waals surface area (Å²) in [5.41, 5.74) is 2.42. The molecule has 1 N–H and O–H groups in total. The monoisotopic (exact) mass is 551 g/mol. The first-order chi connectivity index (χ1) is 14.5. The Kier molecular flexibility index (Phi) is 13.8. The van der Waals surface area contributed by atoms with E-state index in [1.807, 2.05) is 42.4 Å². The van der Waals surface area contributed by atoms with Crippen molar-refractivity contribution in [3.05, 3.63) is 77.9 Å². The van der Waals surface area contributed by atoms with Crippen molar-refractivity contribution < 1.29 is 25.7 Å². The zero-order chi connectivity index (χ0) is 21.8. The van der Waals surface area contributed by atoms with Gasteiger partial charge in [0, 0.05) is 4.90 Å². The van der Waals surface area contributed by atoms with Crippen LogP contribution in [0, 0.1) is 14.4 Å². The third-order valence-corrected chi connectivity index (χ3v) is 6.88. The quantitative estimate of drug-likeness (QED) is 0.232. The average Bonchev–Trinajstić information content (AvgIpc) is 2.77. The number of nitrogens with zero attached hydrogens (tertiary/aromatic N) is 1. The number of halogens is 1. The van der Waals surface area contributed by atoms with Crippen LogP contribution < -0.4 is 5.32 Å². The molecule has 0 amide bonds. The Balaban J connectivity index is 0.00000156. The normalized spacial score (nSPS) is 18.4. The summed E-state index contributed by atoms with van der Waals surface area (Å²) in [6.45, 7) is 2.86. The summed E-state index contributed by atoms with van der Waals surface area (Å²) in [6, 6.07) is 17.5. The minimum absolute atomic E-state index is 0. The number of hydrogen-bond acceptors (Lipinski definition) is 3. The molecule has 0 bridgehead atoms. The van der Waals surface area contributed by atoms with E-state index < -0.39 is 10.0 Å². The van der Waals surface area contributed by atoms with Gasteiger partial charge in [0.15, 0.2) is 0 Å². The fourth-order valence-electron chi connectivity index (χ4n) is 3.81. The van der Waals surface area contributed by atoms with Crippen molar-refractivity contribution in [3.8, 4) is 0 Å². The Labute approximate surface area is 203 Å². The van der Waals surface area contributed by atoms with Crippen LogP contribution in [-0.2, 0) is 33.8 Å². The second-order valence-electron chi connectivity index (χ2n) is 7.75. The molecule has 0 aromatic heterocycles. The molecule has 172 valence electrons. The number of rotatable bonds is 9. The number of nitrogens with one attached hydrogen (secondary N) is 1. The molecule has 4 nitrogen and oxygen atoms in total. The van der Waals surface area contributed by atoms with Crippen LogP contribution in [-0.4, -0.2) is 27.0 Å². The Morgan fingerprint density at radius 2 is 1.65 bits per heavy atom. The van der Waals surface area contributed by atoms with Crippen molar-refractivity contribution in [1.29, 1.82) is 0 Å². The van der Waals surface area contributed by atoms with Gasteiger partial charge in [-0.15, -0.1) is 6.04 Å². The number of benzene rings is 2. The molecule has 1 aliphatic rings. The maximum atomic E-state index is 12.7. The van der Waals surface area contributed by atoms with Crippen LogP contribution in [0.15, 0.2) is 59.5 Å². The first-order valence-electron chi connectivity index (χ1n) is 10.5. The topological polar surface area (TPSA) is 60.3 Å². The van der Waals surface area contributed by atoms with Crippen LogP contribution in [0.5, 0.6) is 0 Å². The third kappa shape index (κ3) is 9.71. The molecule has 0 saturated heterocycles. The van der Waals surface area contributed by atoms with Crippen molar-refractivity contribution in [2.75, 3.05) is 6.54 Å². The van der Waals surface area contributed by atoms with Crippen molar-refractivity contribution in [2.45, 2.75) is 68.8 Å². The number of aryl methyl sites for hydroxylation is 2. The predicted molar refractivity (Wildman–Crippen MR) is 127 cm³/mol. The molecule has 2 aromatic rings. The molecule has 1 saturated carbocycles. The zero-order valence-corrected chi connectivity index (χ0v) is 21.7. The van der Waals surface area contributed by atoms with Crippen LogP contribution in [0.2, 0.25) is 0 Å². The second kappa shape index (κ2) is 15.1. The van der Waals surface area contributed by atoms with Gasteiger partial charge in [-0.3, -0.25) is 0 Å². The Morgan fingerprint density at radius 1 is 1.00 bits per heavy atom. The van der Waals surface area contributed by atoms with Crippen LogP contribution in [0.1, 0.15) is 49.7 Å². The molecule has 31 heavy (non-hydrogen) atoms. The first-order valence-corrected chi connectivity index (χ1v) is 14.2. The van der Waals surface area contributed by atoms with Crippen molar-refractivity contribution in [1.82, 2.24) is 5.32 Å². The van der Waals surface area contributed by atoms with E-state index in [2.05, 4.69) is 44.0 Å². The zero-order valence-electron chi connectivity index (χ0n) is 18.4. The Bertz CT molecular complexity index is 832. The molecule has 2 atom stereocenters. The molecule has 1 aliphatic carbocycles. The third-order valence-electron chi connectivity index (χ3n) is 5.46. The van der Waals surface area contributed by atoms with Crippen LogP contribution in [0.3, 0.4) is 0 Å². The van der Waals surface area contributed by atoms with Crippen LogP contribution in [0.25, 0.3) is 4.72 Å². The summed E-state index contributed by atoms with van der Waals surface area (Å²) < 4.78 is 29.7. The van der Waals surface area contributed by atoms with Crippen LogP contribution in [0.4, 0.5) is 0 Å². The average molecular weight is 551 g/mol. The summed E-state index contributed by atoms with van der Waals surface area (Å²) in [5, 5.41) is 3.58. The van der Waals surface area contributed by atoms with E-state index in [1.54, 1.807) is 12.1 Å². The van der Waals surface area contributed by atoms with E-state index in [0.717, 1.165) is 57.1 Å². The molecule has 3 rings (SSSR count). The van der Waals surface area contributed by atoms with Gasteiger partial charge in [-0.1, -0.05) is 67.3 Å². The molecule has 2 unspecified atom stereocenters. The molecule has 0 spiro atoms. The van der Waals surface area contributed by atoms with Gasteiger partial charge < -0.3 is 17.5 Å². The summed E-state index contributed by atoms with van der Waals surface area (Å²) in [4.78, 5) is 0.297. The first kappa shape index (κ1) is 28.3. The van der Waals surface area contributed by atoms with Gasteiger partial charge in [0.2, 0.25) is 0 Å². The van der Waals surface area contributed by atoms with Crippen molar-refractivity contribution >= 4 is 19.7 Å². The molecular weight excluding hydrogens is 517 g/mol. The molecular formula is C24H34ClN2O2RuS+. The SMILES string of the molecule is Cc1ccc(S(=O)(=O)[N-]C2CCCCC2NCCCCc2ccccc2)cc1.[CH3-].[Cl][Ru+3]. The van der Waals surface area contributed by atoms with Gasteiger partial charge >= 0.3 is 27.0 Å². The second-order valence-corrected chi connectivity index (χ2v) is 9.38. The van der Waals surface area contributed by atoms with E-state index in [1.165, 1.54) is 5.56 Å². The van der Waals surface area contributed by atoms with Gasteiger partial charge in [0.1, 0.15) is 10.0 Å². The standard InChI is InChI=1S/C23H31N2O2S.CH3.ClH.Ru/c1-19-14-16-21(17-15-19)28(26,27)25-23-13-6-5-12-22(23)24-18-8-7-11-20-9-3-2-4-10-20;;;/h2-4,9-10,14-17,22-24H,5-8,11-13,18H2,1H3;1H3;1H;/q2*-1;;+4/p-1. The van der Waals surface area contributed by atoms with Crippen molar-refractivity contribution in [2.24, 2.45) is 0 Å². The minimum atomic E-state index is -3.60. The van der Waals surface area contributed by atoms with Crippen LogP contribution >= 0.6 is 9.69 Å². The van der Waals surface area contributed by atoms with Gasteiger partial charge in [-0.2, -0.15) is 0 Å². The van der Waals surface area contributed by atoms with Gasteiger partial charge in [0.25, 0.3) is 0 Å². The van der Waals surface area contributed by atoms with Gasteiger partial charge in [-0.25, -0.2) is 8.42 Å². The number of sulfonamides is 1. The Morgan fingerprint density at radius 3 is 2.32 bits per heavy atom.